The van der Waals surface area contributed by atoms with Crippen LogP contribution in [-0.2, 0) is 32.7 Å². The minimum atomic E-state index is -4.61. The molecule has 314 valence electrons. The van der Waals surface area contributed by atoms with Crippen molar-refractivity contribution in [2.45, 2.75) is 219 Å². The van der Waals surface area contributed by atoms with Crippen LogP contribution in [0.5, 0.6) is 0 Å². The Labute approximate surface area is 324 Å². The number of hydrogen-bond acceptors (Lipinski definition) is 9. The van der Waals surface area contributed by atoms with Crippen molar-refractivity contribution in [3.05, 3.63) is 12.2 Å². The zero-order valence-electron chi connectivity index (χ0n) is 34.0. The molecule has 0 radical (unpaired) electrons. The maximum atomic E-state index is 12.6. The van der Waals surface area contributed by atoms with Gasteiger partial charge in [-0.1, -0.05) is 167 Å². The fourth-order valence-electron chi connectivity index (χ4n) is 6.05. The molecule has 0 spiro atoms. The molecule has 0 heterocycles. The van der Waals surface area contributed by atoms with Gasteiger partial charge < -0.3 is 24.6 Å². The molecule has 3 atom stereocenters. The third-order valence-corrected chi connectivity index (χ3v) is 10.4. The van der Waals surface area contributed by atoms with Gasteiger partial charge in [-0.3, -0.25) is 18.6 Å². The van der Waals surface area contributed by atoms with Crippen molar-refractivity contribution in [2.24, 2.45) is 0 Å². The first-order chi connectivity index (χ1) is 25.7. The van der Waals surface area contributed by atoms with Crippen LogP contribution >= 0.6 is 7.82 Å². The molecule has 11 heteroatoms. The molecule has 0 aromatic rings. The highest BCUT2D eigenvalue weighted by Crippen LogP contribution is 2.43. The highest BCUT2D eigenvalue weighted by atomic mass is 31.2. The summed E-state index contributed by atoms with van der Waals surface area (Å²) in [6, 6.07) is 0. The van der Waals surface area contributed by atoms with Crippen molar-refractivity contribution in [3.8, 4) is 0 Å². The minimum absolute atomic E-state index is 0.188. The van der Waals surface area contributed by atoms with Gasteiger partial charge in [-0.15, -0.1) is 0 Å². The van der Waals surface area contributed by atoms with Gasteiger partial charge >= 0.3 is 19.8 Å². The molecule has 53 heavy (non-hydrogen) atoms. The number of unbranched alkanes of at least 4 members (excludes halogenated alkanes) is 25. The van der Waals surface area contributed by atoms with E-state index < -0.39 is 51.8 Å². The summed E-state index contributed by atoms with van der Waals surface area (Å²) in [5.74, 6) is -0.920. The fourth-order valence-corrected chi connectivity index (χ4v) is 6.84. The lowest BCUT2D eigenvalue weighted by Crippen LogP contribution is -2.29. The standard InChI is InChI=1S/C42H81O10P/c1-3-5-7-9-11-13-14-15-16-17-18-19-20-21-22-23-24-26-28-30-32-34-42(46)52-40(38-51-53(47,48)50-36-39(44)35-43)37-49-41(45)33-31-29-27-25-12-10-8-6-4-2/h15-16,39-40,43-44H,3-14,17-38H2,1-2H3,(H,47,48)/b16-15+/t39-,40+/m0/s1. The highest BCUT2D eigenvalue weighted by molar-refractivity contribution is 7.47. The lowest BCUT2D eigenvalue weighted by atomic mass is 10.0. The van der Waals surface area contributed by atoms with E-state index in [4.69, 9.17) is 19.1 Å². The molecule has 0 amide bonds. The van der Waals surface area contributed by atoms with Crippen molar-refractivity contribution in [3.63, 3.8) is 0 Å². The summed E-state index contributed by atoms with van der Waals surface area (Å²) in [4.78, 5) is 34.8. The molecule has 1 unspecified atom stereocenters. The zero-order chi connectivity index (χ0) is 39.1. The van der Waals surface area contributed by atoms with Crippen molar-refractivity contribution in [1.29, 1.82) is 0 Å². The van der Waals surface area contributed by atoms with Crippen LogP contribution in [0.4, 0.5) is 0 Å². The highest BCUT2D eigenvalue weighted by Gasteiger charge is 2.27. The Balaban J connectivity index is 4.16. The Morgan fingerprint density at radius 3 is 1.36 bits per heavy atom. The van der Waals surface area contributed by atoms with Gasteiger partial charge in [0.1, 0.15) is 12.7 Å². The molecule has 0 aliphatic carbocycles. The van der Waals surface area contributed by atoms with Crippen LogP contribution in [0.1, 0.15) is 206 Å². The van der Waals surface area contributed by atoms with Gasteiger partial charge in [0, 0.05) is 12.8 Å². The second kappa shape index (κ2) is 39.0. The Morgan fingerprint density at radius 2 is 0.925 bits per heavy atom. The first-order valence-corrected chi connectivity index (χ1v) is 23.1. The fraction of sp³-hybridized carbons (Fsp3) is 0.905. The minimum Gasteiger partial charge on any atom is -0.462 e. The first-order valence-electron chi connectivity index (χ1n) is 21.6. The number of carbonyl (C=O) groups excluding carboxylic acids is 2. The molecule has 0 aliphatic rings. The predicted octanol–water partition coefficient (Wildman–Crippen LogP) is 11.2. The summed E-state index contributed by atoms with van der Waals surface area (Å²) in [5.41, 5.74) is 0. The normalized spacial score (nSPS) is 14.0. The third-order valence-electron chi connectivity index (χ3n) is 9.42. The average molecular weight is 777 g/mol. The van der Waals surface area contributed by atoms with Crippen molar-refractivity contribution < 1.29 is 47.8 Å². The van der Waals surface area contributed by atoms with Crippen LogP contribution < -0.4 is 0 Å². The van der Waals surface area contributed by atoms with Gasteiger partial charge in [-0.2, -0.15) is 0 Å². The average Bonchev–Trinajstić information content (AvgIpc) is 3.14. The molecule has 0 bridgehead atoms. The van der Waals surface area contributed by atoms with Gasteiger partial charge in [0.05, 0.1) is 19.8 Å². The van der Waals surface area contributed by atoms with Crippen molar-refractivity contribution >= 4 is 19.8 Å². The third kappa shape index (κ3) is 38.8. The molecule has 0 rings (SSSR count). The number of esters is 2. The largest absolute Gasteiger partial charge is 0.472 e. The van der Waals surface area contributed by atoms with E-state index in [1.54, 1.807) is 0 Å². The number of hydrogen-bond donors (Lipinski definition) is 3. The summed E-state index contributed by atoms with van der Waals surface area (Å²) in [6.07, 6.45) is 36.2. The molecule has 0 aliphatic heterocycles. The van der Waals surface area contributed by atoms with E-state index >= 15 is 0 Å². The summed E-state index contributed by atoms with van der Waals surface area (Å²) in [7, 11) is -4.61. The van der Waals surface area contributed by atoms with Gasteiger partial charge in [0.2, 0.25) is 0 Å². The molecule has 10 nitrogen and oxygen atoms in total. The Morgan fingerprint density at radius 1 is 0.547 bits per heavy atom. The quantitative estimate of drug-likeness (QED) is 0.0237. The molecular formula is C42H81O10P. The monoisotopic (exact) mass is 777 g/mol. The second-order valence-corrected chi connectivity index (χ2v) is 16.2. The first kappa shape index (κ1) is 51.7. The molecule has 0 saturated carbocycles. The Bertz CT molecular complexity index is 899. The Hall–Kier alpha value is -1.29. The van der Waals surface area contributed by atoms with Crippen LogP contribution in [0.25, 0.3) is 0 Å². The predicted molar refractivity (Wildman–Crippen MR) is 215 cm³/mol. The van der Waals surface area contributed by atoms with E-state index in [1.807, 2.05) is 0 Å². The number of aliphatic hydroxyl groups excluding tert-OH is 2. The van der Waals surface area contributed by atoms with E-state index in [0.717, 1.165) is 38.5 Å². The maximum absolute atomic E-state index is 12.6. The number of aliphatic hydroxyl groups is 2. The van der Waals surface area contributed by atoms with Crippen LogP contribution in [-0.4, -0.2) is 65.7 Å². The number of rotatable bonds is 41. The van der Waals surface area contributed by atoms with Gasteiger partial charge in [-0.25, -0.2) is 4.57 Å². The molecule has 0 saturated heterocycles. The number of phosphoric acid groups is 1. The van der Waals surface area contributed by atoms with Crippen LogP contribution in [0.2, 0.25) is 0 Å². The van der Waals surface area contributed by atoms with Crippen LogP contribution in [0.3, 0.4) is 0 Å². The zero-order valence-corrected chi connectivity index (χ0v) is 34.9. The number of phosphoric ester groups is 1. The van der Waals surface area contributed by atoms with E-state index in [2.05, 4.69) is 30.5 Å². The molecule has 0 aromatic heterocycles. The maximum Gasteiger partial charge on any atom is 0.472 e. The van der Waals surface area contributed by atoms with E-state index in [-0.39, 0.29) is 19.4 Å². The van der Waals surface area contributed by atoms with Gasteiger partial charge in [0.25, 0.3) is 0 Å². The van der Waals surface area contributed by atoms with Gasteiger partial charge in [0.15, 0.2) is 6.10 Å². The van der Waals surface area contributed by atoms with Crippen molar-refractivity contribution in [2.75, 3.05) is 26.4 Å². The van der Waals surface area contributed by atoms with Crippen LogP contribution in [0, 0.1) is 0 Å². The molecule has 0 fully saturated rings. The van der Waals surface area contributed by atoms with Crippen molar-refractivity contribution in [1.82, 2.24) is 0 Å². The second-order valence-electron chi connectivity index (χ2n) is 14.7. The number of allylic oxidation sites excluding steroid dienone is 2. The van der Waals surface area contributed by atoms with E-state index in [1.165, 1.54) is 128 Å². The van der Waals surface area contributed by atoms with E-state index in [0.29, 0.717) is 12.8 Å². The van der Waals surface area contributed by atoms with Gasteiger partial charge in [-0.05, 0) is 38.5 Å². The summed E-state index contributed by atoms with van der Waals surface area (Å²) >= 11 is 0. The number of ether oxygens (including phenoxy) is 2. The lowest BCUT2D eigenvalue weighted by molar-refractivity contribution is -0.161. The SMILES string of the molecule is CCCCCCCC/C=C/CCCCCCCCCCCCCC(=O)O[C@H](COC(=O)CCCCCCCCCCC)COP(=O)(O)OC[C@@H](O)CO. The van der Waals surface area contributed by atoms with Crippen LogP contribution in [0.15, 0.2) is 12.2 Å². The lowest BCUT2D eigenvalue weighted by Gasteiger charge is -2.20. The Kier molecular flexibility index (Phi) is 38.0. The smallest absolute Gasteiger partial charge is 0.462 e. The summed E-state index contributed by atoms with van der Waals surface area (Å²) in [6.45, 7) is 2.37. The molecular weight excluding hydrogens is 695 g/mol. The summed E-state index contributed by atoms with van der Waals surface area (Å²) < 4.78 is 32.6. The number of carbonyl (C=O) groups is 2. The molecule has 3 N–H and O–H groups in total. The molecule has 0 aromatic carbocycles. The van der Waals surface area contributed by atoms with E-state index in [9.17, 15) is 24.2 Å². The topological polar surface area (TPSA) is 149 Å². The summed E-state index contributed by atoms with van der Waals surface area (Å²) in [5, 5.41) is 18.3.